The number of hydrogen-bond donors (Lipinski definition) is 1. The van der Waals surface area contributed by atoms with Crippen molar-refractivity contribution in [2.24, 2.45) is 0 Å². The average molecular weight is 168 g/mol. The second-order valence-electron chi connectivity index (χ2n) is 3.05. The number of rotatable bonds is 1. The lowest BCUT2D eigenvalue weighted by atomic mass is 10.2. The molecule has 66 valence electrons. The number of aromatic nitrogens is 2. The van der Waals surface area contributed by atoms with Crippen molar-refractivity contribution in [1.82, 2.24) is 9.55 Å². The largest absolute Gasteiger partial charge is 0.388 e. The molecule has 4 nitrogen and oxygen atoms in total. The van der Waals surface area contributed by atoms with Crippen LogP contribution in [0.2, 0.25) is 0 Å². The number of ether oxygens (including phenoxy) is 1. The summed E-state index contributed by atoms with van der Waals surface area (Å²) in [6, 6.07) is 0.0486. The molecule has 2 rings (SSSR count). The van der Waals surface area contributed by atoms with Crippen LogP contribution < -0.4 is 0 Å². The third-order valence-electron chi connectivity index (χ3n) is 2.24. The van der Waals surface area contributed by atoms with Gasteiger partial charge in [-0.3, -0.25) is 0 Å². The Morgan fingerprint density at radius 1 is 1.67 bits per heavy atom. The summed E-state index contributed by atoms with van der Waals surface area (Å²) >= 11 is 0. The molecule has 0 spiro atoms. The standard InChI is InChI=1S/C8H12N2O2/c1-6-9-2-3-10(6)7-4-12-5-8(7)11/h2-3,7-8,11H,4-5H2,1H3/t7-,8-/m0/s1. The molecular weight excluding hydrogens is 156 g/mol. The van der Waals surface area contributed by atoms with E-state index < -0.39 is 6.10 Å². The fraction of sp³-hybridized carbons (Fsp3) is 0.625. The lowest BCUT2D eigenvalue weighted by Gasteiger charge is -2.15. The molecule has 0 aliphatic carbocycles. The molecule has 2 heterocycles. The zero-order chi connectivity index (χ0) is 8.55. The third-order valence-corrected chi connectivity index (χ3v) is 2.24. The quantitative estimate of drug-likeness (QED) is 0.648. The molecular formula is C8H12N2O2. The van der Waals surface area contributed by atoms with Gasteiger partial charge in [-0.25, -0.2) is 4.98 Å². The van der Waals surface area contributed by atoms with Gasteiger partial charge in [0.2, 0.25) is 0 Å². The second-order valence-corrected chi connectivity index (χ2v) is 3.05. The van der Waals surface area contributed by atoms with Gasteiger partial charge in [0.15, 0.2) is 0 Å². The van der Waals surface area contributed by atoms with E-state index in [1.807, 2.05) is 17.7 Å². The summed E-state index contributed by atoms with van der Waals surface area (Å²) in [7, 11) is 0. The second kappa shape index (κ2) is 2.88. The van der Waals surface area contributed by atoms with Gasteiger partial charge in [-0.05, 0) is 6.92 Å². The Bertz CT molecular complexity index is 272. The van der Waals surface area contributed by atoms with E-state index in [-0.39, 0.29) is 6.04 Å². The highest BCUT2D eigenvalue weighted by molar-refractivity contribution is 4.95. The number of aliphatic hydroxyl groups is 1. The van der Waals surface area contributed by atoms with Crippen LogP contribution in [0.15, 0.2) is 12.4 Å². The Kier molecular flexibility index (Phi) is 1.86. The first-order chi connectivity index (χ1) is 5.79. The van der Waals surface area contributed by atoms with Crippen molar-refractivity contribution < 1.29 is 9.84 Å². The molecule has 0 aromatic carbocycles. The van der Waals surface area contributed by atoms with Crippen LogP contribution in [0.5, 0.6) is 0 Å². The van der Waals surface area contributed by atoms with E-state index in [4.69, 9.17) is 4.74 Å². The SMILES string of the molecule is Cc1nccn1[C@H]1COC[C@@H]1O. The fourth-order valence-electron chi connectivity index (χ4n) is 1.54. The minimum atomic E-state index is -0.391. The molecule has 1 aromatic rings. The lowest BCUT2D eigenvalue weighted by Crippen LogP contribution is -2.22. The summed E-state index contributed by atoms with van der Waals surface area (Å²) in [5.41, 5.74) is 0. The molecule has 1 aliphatic rings. The van der Waals surface area contributed by atoms with Gasteiger partial charge in [0.1, 0.15) is 11.9 Å². The Morgan fingerprint density at radius 2 is 2.50 bits per heavy atom. The Hall–Kier alpha value is -0.870. The topological polar surface area (TPSA) is 47.3 Å². The Balaban J connectivity index is 2.24. The molecule has 2 atom stereocenters. The number of imidazole rings is 1. The summed E-state index contributed by atoms with van der Waals surface area (Å²) in [4.78, 5) is 4.09. The highest BCUT2D eigenvalue weighted by Gasteiger charge is 2.28. The van der Waals surface area contributed by atoms with Crippen LogP contribution in [-0.2, 0) is 4.74 Å². The predicted molar refractivity (Wildman–Crippen MR) is 42.8 cm³/mol. The fourth-order valence-corrected chi connectivity index (χ4v) is 1.54. The van der Waals surface area contributed by atoms with Crippen LogP contribution in [0, 0.1) is 6.92 Å². The van der Waals surface area contributed by atoms with E-state index >= 15 is 0 Å². The van der Waals surface area contributed by atoms with Gasteiger partial charge in [-0.15, -0.1) is 0 Å². The minimum Gasteiger partial charge on any atom is -0.388 e. The normalized spacial score (nSPS) is 29.5. The maximum atomic E-state index is 9.51. The molecule has 0 saturated carbocycles. The van der Waals surface area contributed by atoms with E-state index in [0.717, 1.165) is 5.82 Å². The highest BCUT2D eigenvalue weighted by Crippen LogP contribution is 2.20. The van der Waals surface area contributed by atoms with E-state index in [1.54, 1.807) is 6.20 Å². The predicted octanol–water partition coefficient (Wildman–Crippen LogP) is 0.124. The van der Waals surface area contributed by atoms with E-state index in [1.165, 1.54) is 0 Å². The van der Waals surface area contributed by atoms with Gasteiger partial charge in [0.05, 0.1) is 19.3 Å². The third kappa shape index (κ3) is 1.13. The number of hydrogen-bond acceptors (Lipinski definition) is 3. The first-order valence-electron chi connectivity index (χ1n) is 4.04. The zero-order valence-corrected chi connectivity index (χ0v) is 6.97. The molecule has 1 aromatic heterocycles. The molecule has 4 heteroatoms. The molecule has 12 heavy (non-hydrogen) atoms. The van der Waals surface area contributed by atoms with Crippen LogP contribution in [0.25, 0.3) is 0 Å². The highest BCUT2D eigenvalue weighted by atomic mass is 16.5. The van der Waals surface area contributed by atoms with Gasteiger partial charge in [0.25, 0.3) is 0 Å². The Labute approximate surface area is 70.8 Å². The van der Waals surface area contributed by atoms with Crippen LogP contribution >= 0.6 is 0 Å². The summed E-state index contributed by atoms with van der Waals surface area (Å²) in [6.45, 7) is 2.94. The number of nitrogens with zero attached hydrogens (tertiary/aromatic N) is 2. The van der Waals surface area contributed by atoms with Crippen molar-refractivity contribution in [2.45, 2.75) is 19.1 Å². The van der Waals surface area contributed by atoms with E-state index in [9.17, 15) is 5.11 Å². The van der Waals surface area contributed by atoms with Crippen LogP contribution in [0.3, 0.4) is 0 Å². The smallest absolute Gasteiger partial charge is 0.105 e. The minimum absolute atomic E-state index is 0.0486. The number of aliphatic hydroxyl groups excluding tert-OH is 1. The van der Waals surface area contributed by atoms with Gasteiger partial charge in [-0.1, -0.05) is 0 Å². The molecule has 1 aliphatic heterocycles. The molecule has 1 fully saturated rings. The van der Waals surface area contributed by atoms with E-state index in [2.05, 4.69) is 4.98 Å². The molecule has 0 radical (unpaired) electrons. The zero-order valence-electron chi connectivity index (χ0n) is 6.97. The van der Waals surface area contributed by atoms with Crippen molar-refractivity contribution in [3.63, 3.8) is 0 Å². The summed E-state index contributed by atoms with van der Waals surface area (Å²) in [6.07, 6.45) is 3.22. The molecule has 1 N–H and O–H groups in total. The lowest BCUT2D eigenvalue weighted by molar-refractivity contribution is 0.119. The van der Waals surface area contributed by atoms with Crippen LogP contribution in [-0.4, -0.2) is 34.0 Å². The summed E-state index contributed by atoms with van der Waals surface area (Å²) < 4.78 is 7.11. The summed E-state index contributed by atoms with van der Waals surface area (Å²) in [5.74, 6) is 0.921. The summed E-state index contributed by atoms with van der Waals surface area (Å²) in [5, 5.41) is 9.51. The first-order valence-corrected chi connectivity index (χ1v) is 4.04. The maximum Gasteiger partial charge on any atom is 0.105 e. The van der Waals surface area contributed by atoms with Gasteiger partial charge in [-0.2, -0.15) is 0 Å². The maximum absolute atomic E-state index is 9.51. The van der Waals surface area contributed by atoms with Gasteiger partial charge < -0.3 is 14.4 Å². The van der Waals surface area contributed by atoms with Crippen molar-refractivity contribution in [3.8, 4) is 0 Å². The monoisotopic (exact) mass is 168 g/mol. The first kappa shape index (κ1) is 7.76. The van der Waals surface area contributed by atoms with Crippen molar-refractivity contribution in [2.75, 3.05) is 13.2 Å². The van der Waals surface area contributed by atoms with Crippen LogP contribution in [0.4, 0.5) is 0 Å². The van der Waals surface area contributed by atoms with Crippen molar-refractivity contribution >= 4 is 0 Å². The molecule has 0 unspecified atom stereocenters. The molecule has 0 amide bonds. The van der Waals surface area contributed by atoms with Crippen LogP contribution in [0.1, 0.15) is 11.9 Å². The Morgan fingerprint density at radius 3 is 3.00 bits per heavy atom. The number of aryl methyl sites for hydroxylation is 1. The van der Waals surface area contributed by atoms with E-state index in [0.29, 0.717) is 13.2 Å². The molecule has 1 saturated heterocycles. The van der Waals surface area contributed by atoms with Crippen molar-refractivity contribution in [1.29, 1.82) is 0 Å². The molecule has 0 bridgehead atoms. The van der Waals surface area contributed by atoms with Gasteiger partial charge >= 0.3 is 0 Å². The average Bonchev–Trinajstić information content (AvgIpc) is 2.59. The van der Waals surface area contributed by atoms with Gasteiger partial charge in [0, 0.05) is 12.4 Å². The van der Waals surface area contributed by atoms with Crippen molar-refractivity contribution in [3.05, 3.63) is 18.2 Å².